The van der Waals surface area contributed by atoms with E-state index in [1.165, 1.54) is 0 Å². The number of pyridine rings is 1. The number of carbonyl (C=O) groups excluding carboxylic acids is 1. The summed E-state index contributed by atoms with van der Waals surface area (Å²) in [6, 6.07) is 18.7. The molecule has 1 N–H and O–H groups in total. The van der Waals surface area contributed by atoms with Crippen LogP contribution in [0, 0.1) is 5.92 Å². The van der Waals surface area contributed by atoms with Gasteiger partial charge in [0, 0.05) is 30.5 Å². The van der Waals surface area contributed by atoms with Crippen molar-refractivity contribution < 1.29 is 14.7 Å². The quantitative estimate of drug-likeness (QED) is 0.734. The van der Waals surface area contributed by atoms with E-state index in [-0.39, 0.29) is 17.4 Å². The molecule has 1 unspecified atom stereocenters. The smallest absolute Gasteiger partial charge is 0.335 e. The first-order valence-corrected chi connectivity index (χ1v) is 9.26. The number of benzene rings is 2. The van der Waals surface area contributed by atoms with Gasteiger partial charge in [-0.15, -0.1) is 0 Å². The van der Waals surface area contributed by atoms with E-state index < -0.39 is 5.97 Å². The van der Waals surface area contributed by atoms with E-state index in [1.807, 2.05) is 41.3 Å². The number of hydrogen-bond acceptors (Lipinski definition) is 3. The standard InChI is InChI=1S/C23H20N2O3/c26-22-20(15-16-1-3-19(4-2-16)23(27)28)11-14-25(22)21-7-5-17(6-8-21)18-9-12-24-13-10-18/h1-10,12-13,20H,11,14-15H2,(H,27,28). The second-order valence-electron chi connectivity index (χ2n) is 6.96. The number of rotatable bonds is 5. The van der Waals surface area contributed by atoms with Gasteiger partial charge in [0.25, 0.3) is 0 Å². The lowest BCUT2D eigenvalue weighted by Gasteiger charge is -2.17. The van der Waals surface area contributed by atoms with E-state index in [4.69, 9.17) is 5.11 Å². The summed E-state index contributed by atoms with van der Waals surface area (Å²) in [7, 11) is 0. The van der Waals surface area contributed by atoms with Gasteiger partial charge in [0.15, 0.2) is 0 Å². The highest BCUT2D eigenvalue weighted by Crippen LogP contribution is 2.29. The molecule has 1 aliphatic rings. The molecule has 28 heavy (non-hydrogen) atoms. The Kier molecular flexibility index (Phi) is 4.89. The molecule has 0 aliphatic carbocycles. The Balaban J connectivity index is 1.44. The zero-order valence-corrected chi connectivity index (χ0v) is 15.3. The molecule has 1 atom stereocenters. The van der Waals surface area contributed by atoms with E-state index in [2.05, 4.69) is 4.98 Å². The summed E-state index contributed by atoms with van der Waals surface area (Å²) < 4.78 is 0. The van der Waals surface area contributed by atoms with Gasteiger partial charge < -0.3 is 10.0 Å². The molecule has 1 aliphatic heterocycles. The van der Waals surface area contributed by atoms with Crippen LogP contribution < -0.4 is 4.90 Å². The molecule has 2 heterocycles. The minimum atomic E-state index is -0.940. The molecule has 4 rings (SSSR count). The van der Waals surface area contributed by atoms with Gasteiger partial charge in [0.1, 0.15) is 0 Å². The fourth-order valence-electron chi connectivity index (χ4n) is 3.63. The summed E-state index contributed by atoms with van der Waals surface area (Å²) in [5.74, 6) is -0.889. The van der Waals surface area contributed by atoms with Gasteiger partial charge in [-0.1, -0.05) is 24.3 Å². The van der Waals surface area contributed by atoms with Crippen LogP contribution in [0.4, 0.5) is 5.69 Å². The largest absolute Gasteiger partial charge is 0.478 e. The SMILES string of the molecule is O=C(O)c1ccc(CC2CCN(c3ccc(-c4ccncc4)cc3)C2=O)cc1. The van der Waals surface area contributed by atoms with Crippen molar-refractivity contribution in [1.29, 1.82) is 0 Å². The van der Waals surface area contributed by atoms with Crippen molar-refractivity contribution in [2.45, 2.75) is 12.8 Å². The number of carboxylic acids is 1. The molecule has 3 aromatic rings. The van der Waals surface area contributed by atoms with Crippen molar-refractivity contribution in [3.8, 4) is 11.1 Å². The fourth-order valence-corrected chi connectivity index (χ4v) is 3.63. The maximum Gasteiger partial charge on any atom is 0.335 e. The van der Waals surface area contributed by atoms with Crippen LogP contribution in [0.3, 0.4) is 0 Å². The lowest BCUT2D eigenvalue weighted by molar-refractivity contribution is -0.120. The van der Waals surface area contributed by atoms with E-state index in [1.54, 1.807) is 36.7 Å². The van der Waals surface area contributed by atoms with Crippen LogP contribution in [0.25, 0.3) is 11.1 Å². The van der Waals surface area contributed by atoms with Crippen LogP contribution in [-0.4, -0.2) is 28.5 Å². The highest BCUT2D eigenvalue weighted by molar-refractivity contribution is 5.97. The minimum absolute atomic E-state index is 0.0736. The predicted molar refractivity (Wildman–Crippen MR) is 107 cm³/mol. The minimum Gasteiger partial charge on any atom is -0.478 e. The molecule has 1 saturated heterocycles. The van der Waals surface area contributed by atoms with Crippen LogP contribution in [0.5, 0.6) is 0 Å². The summed E-state index contributed by atoms with van der Waals surface area (Å²) in [5, 5.41) is 8.99. The Hall–Kier alpha value is -3.47. The molecule has 2 aromatic carbocycles. The maximum absolute atomic E-state index is 12.9. The zero-order valence-electron chi connectivity index (χ0n) is 15.3. The Labute approximate surface area is 163 Å². The molecule has 140 valence electrons. The Morgan fingerprint density at radius 3 is 2.25 bits per heavy atom. The average Bonchev–Trinajstić information content (AvgIpc) is 3.09. The van der Waals surface area contributed by atoms with Gasteiger partial charge in [0.2, 0.25) is 5.91 Å². The van der Waals surface area contributed by atoms with E-state index in [0.717, 1.165) is 28.8 Å². The molecule has 0 spiro atoms. The third kappa shape index (κ3) is 3.64. The molecule has 0 saturated carbocycles. The highest BCUT2D eigenvalue weighted by Gasteiger charge is 2.32. The second-order valence-corrected chi connectivity index (χ2v) is 6.96. The normalized spacial score (nSPS) is 16.4. The number of nitrogens with zero attached hydrogens (tertiary/aromatic N) is 2. The van der Waals surface area contributed by atoms with Gasteiger partial charge >= 0.3 is 5.97 Å². The second kappa shape index (κ2) is 7.64. The number of aromatic nitrogens is 1. The molecular weight excluding hydrogens is 352 g/mol. The number of aromatic carboxylic acids is 1. The zero-order chi connectivity index (χ0) is 19.5. The maximum atomic E-state index is 12.9. The number of amides is 1. The third-order valence-electron chi connectivity index (χ3n) is 5.19. The number of carboxylic acid groups (broad SMARTS) is 1. The van der Waals surface area contributed by atoms with Crippen molar-refractivity contribution in [1.82, 2.24) is 4.98 Å². The lowest BCUT2D eigenvalue weighted by Crippen LogP contribution is -2.27. The molecule has 5 heteroatoms. The van der Waals surface area contributed by atoms with Gasteiger partial charge in [-0.2, -0.15) is 0 Å². The van der Waals surface area contributed by atoms with Crippen LogP contribution in [0.2, 0.25) is 0 Å². The van der Waals surface area contributed by atoms with Gasteiger partial charge in [-0.25, -0.2) is 4.79 Å². The molecule has 0 radical (unpaired) electrons. The van der Waals surface area contributed by atoms with E-state index in [9.17, 15) is 9.59 Å². The van der Waals surface area contributed by atoms with Crippen LogP contribution >= 0.6 is 0 Å². The summed E-state index contributed by atoms with van der Waals surface area (Å²) in [4.78, 5) is 29.7. The van der Waals surface area contributed by atoms with Crippen molar-refractivity contribution >= 4 is 17.6 Å². The number of hydrogen-bond donors (Lipinski definition) is 1. The van der Waals surface area contributed by atoms with Gasteiger partial charge in [0.05, 0.1) is 5.56 Å². The Bertz CT molecular complexity index is 983. The van der Waals surface area contributed by atoms with Crippen molar-refractivity contribution in [2.75, 3.05) is 11.4 Å². The van der Waals surface area contributed by atoms with Crippen LogP contribution in [-0.2, 0) is 11.2 Å². The van der Waals surface area contributed by atoms with Crippen molar-refractivity contribution in [3.05, 3.63) is 84.2 Å². The molecule has 1 fully saturated rings. The molecular formula is C23H20N2O3. The molecule has 5 nitrogen and oxygen atoms in total. The van der Waals surface area contributed by atoms with E-state index in [0.29, 0.717) is 13.0 Å². The monoisotopic (exact) mass is 372 g/mol. The third-order valence-corrected chi connectivity index (χ3v) is 5.19. The summed E-state index contributed by atoms with van der Waals surface area (Å²) in [6.07, 6.45) is 4.96. The Morgan fingerprint density at radius 1 is 0.964 bits per heavy atom. The van der Waals surface area contributed by atoms with Crippen LogP contribution in [0.15, 0.2) is 73.1 Å². The topological polar surface area (TPSA) is 70.5 Å². The molecule has 0 bridgehead atoms. The molecule has 1 amide bonds. The summed E-state index contributed by atoms with van der Waals surface area (Å²) in [6.45, 7) is 0.700. The van der Waals surface area contributed by atoms with Crippen LogP contribution in [0.1, 0.15) is 22.3 Å². The first-order valence-electron chi connectivity index (χ1n) is 9.26. The summed E-state index contributed by atoms with van der Waals surface area (Å²) in [5.41, 5.74) is 4.34. The first-order chi connectivity index (χ1) is 13.6. The number of anilines is 1. The predicted octanol–water partition coefficient (Wildman–Crippen LogP) is 4.04. The number of carbonyl (C=O) groups is 2. The van der Waals surface area contributed by atoms with E-state index >= 15 is 0 Å². The fraction of sp³-hybridized carbons (Fsp3) is 0.174. The van der Waals surface area contributed by atoms with Crippen molar-refractivity contribution in [3.63, 3.8) is 0 Å². The van der Waals surface area contributed by atoms with Gasteiger partial charge in [-0.3, -0.25) is 9.78 Å². The van der Waals surface area contributed by atoms with Gasteiger partial charge in [-0.05, 0) is 65.9 Å². The molecule has 1 aromatic heterocycles. The van der Waals surface area contributed by atoms with Crippen molar-refractivity contribution in [2.24, 2.45) is 5.92 Å². The lowest BCUT2D eigenvalue weighted by atomic mass is 9.97. The Morgan fingerprint density at radius 2 is 1.61 bits per heavy atom. The first kappa shape index (κ1) is 17.9. The summed E-state index contributed by atoms with van der Waals surface area (Å²) >= 11 is 0. The average molecular weight is 372 g/mol. The highest BCUT2D eigenvalue weighted by atomic mass is 16.4.